The molecule has 0 aromatic carbocycles. The van der Waals surface area contributed by atoms with E-state index in [2.05, 4.69) is 29.6 Å². The van der Waals surface area contributed by atoms with Gasteiger partial charge in [0.05, 0.1) is 0 Å². The van der Waals surface area contributed by atoms with E-state index in [1.165, 1.54) is 11.7 Å². The number of aryl methyl sites for hydroxylation is 1. The topological polar surface area (TPSA) is 25.8 Å². The second-order valence-electron chi connectivity index (χ2n) is 4.60. The molecular weight excluding hydrogens is 208 g/mol. The molecule has 0 spiro atoms. The van der Waals surface area contributed by atoms with Crippen LogP contribution in [0, 0.1) is 0 Å². The fourth-order valence-corrected chi connectivity index (χ4v) is 2.50. The van der Waals surface area contributed by atoms with Crippen LogP contribution in [0.5, 0.6) is 0 Å². The Labute approximate surface area is 91.6 Å². The highest BCUT2D eigenvalue weighted by molar-refractivity contribution is 7.98. The zero-order valence-electron chi connectivity index (χ0n) is 9.37. The third-order valence-electron chi connectivity index (χ3n) is 2.00. The summed E-state index contributed by atoms with van der Waals surface area (Å²) in [5, 5.41) is 0.887. The van der Waals surface area contributed by atoms with E-state index in [-0.39, 0.29) is 0 Å². The van der Waals surface area contributed by atoms with Gasteiger partial charge in [-0.3, -0.25) is 0 Å². The first-order valence-electron chi connectivity index (χ1n) is 4.87. The molecule has 4 heteroatoms. The molecule has 0 aliphatic heterocycles. The number of hydrogen-bond acceptors (Lipinski definition) is 3. The lowest BCUT2D eigenvalue weighted by Gasteiger charge is -2.14. The summed E-state index contributed by atoms with van der Waals surface area (Å²) in [4.78, 5) is 8.63. The van der Waals surface area contributed by atoms with Crippen molar-refractivity contribution in [1.82, 2.24) is 9.97 Å². The van der Waals surface area contributed by atoms with Crippen molar-refractivity contribution in [3.05, 3.63) is 18.0 Å². The second-order valence-corrected chi connectivity index (χ2v) is 11.0. The highest BCUT2D eigenvalue weighted by atomic mass is 32.2. The molecule has 0 amide bonds. The predicted molar refractivity (Wildman–Crippen MR) is 65.7 cm³/mol. The molecule has 0 fully saturated rings. The minimum atomic E-state index is -0.935. The molecule has 0 saturated carbocycles. The Morgan fingerprint density at radius 2 is 2.07 bits per heavy atom. The van der Waals surface area contributed by atoms with E-state index < -0.39 is 8.07 Å². The van der Waals surface area contributed by atoms with Gasteiger partial charge in [-0.05, 0) is 18.7 Å². The van der Waals surface area contributed by atoms with Gasteiger partial charge in [-0.2, -0.15) is 0 Å². The number of thioether (sulfide) groups is 1. The van der Waals surface area contributed by atoms with Gasteiger partial charge in [0.1, 0.15) is 0 Å². The SMILES string of the molecule is CSc1nccc(CC[Si](C)(C)C)n1. The van der Waals surface area contributed by atoms with Crippen molar-refractivity contribution in [2.24, 2.45) is 0 Å². The first kappa shape index (κ1) is 11.7. The van der Waals surface area contributed by atoms with E-state index in [1.54, 1.807) is 11.8 Å². The zero-order chi connectivity index (χ0) is 10.6. The Bertz CT molecular complexity index is 296. The van der Waals surface area contributed by atoms with Crippen molar-refractivity contribution in [3.63, 3.8) is 0 Å². The van der Waals surface area contributed by atoms with E-state index in [4.69, 9.17) is 0 Å². The third-order valence-corrected chi connectivity index (χ3v) is 4.32. The van der Waals surface area contributed by atoms with Gasteiger partial charge in [0.2, 0.25) is 0 Å². The molecule has 78 valence electrons. The molecule has 2 nitrogen and oxygen atoms in total. The van der Waals surface area contributed by atoms with Crippen LogP contribution in [0.15, 0.2) is 17.4 Å². The predicted octanol–water partition coefficient (Wildman–Crippen LogP) is 3.08. The van der Waals surface area contributed by atoms with E-state index in [0.29, 0.717) is 0 Å². The molecule has 0 atom stereocenters. The van der Waals surface area contributed by atoms with E-state index in [0.717, 1.165) is 11.6 Å². The summed E-state index contributed by atoms with van der Waals surface area (Å²) in [5.74, 6) is 0. The zero-order valence-corrected chi connectivity index (χ0v) is 11.2. The average molecular weight is 226 g/mol. The summed E-state index contributed by atoms with van der Waals surface area (Å²) in [6.45, 7) is 7.18. The normalized spacial score (nSPS) is 11.7. The van der Waals surface area contributed by atoms with E-state index in [9.17, 15) is 0 Å². The first-order chi connectivity index (χ1) is 6.51. The van der Waals surface area contributed by atoms with Gasteiger partial charge in [-0.15, -0.1) is 0 Å². The molecule has 0 aliphatic carbocycles. The van der Waals surface area contributed by atoms with Gasteiger partial charge >= 0.3 is 0 Å². The molecule has 0 aliphatic rings. The van der Waals surface area contributed by atoms with Crippen LogP contribution in [-0.4, -0.2) is 24.3 Å². The average Bonchev–Trinajstić information content (AvgIpc) is 2.14. The van der Waals surface area contributed by atoms with E-state index >= 15 is 0 Å². The van der Waals surface area contributed by atoms with Gasteiger partial charge in [-0.1, -0.05) is 37.4 Å². The van der Waals surface area contributed by atoms with Gasteiger partial charge in [0.25, 0.3) is 0 Å². The number of nitrogens with zero attached hydrogens (tertiary/aromatic N) is 2. The summed E-state index contributed by atoms with van der Waals surface area (Å²) in [6.07, 6.45) is 4.97. The fourth-order valence-electron chi connectivity index (χ4n) is 1.12. The van der Waals surface area contributed by atoms with Crippen LogP contribution in [0.4, 0.5) is 0 Å². The largest absolute Gasteiger partial charge is 0.231 e. The Hall–Kier alpha value is -0.353. The third kappa shape index (κ3) is 4.24. The lowest BCUT2D eigenvalue weighted by Crippen LogP contribution is -2.20. The van der Waals surface area contributed by atoms with E-state index in [1.807, 2.05) is 18.5 Å². The lowest BCUT2D eigenvalue weighted by molar-refractivity contribution is 0.885. The van der Waals surface area contributed by atoms with Crippen LogP contribution in [-0.2, 0) is 6.42 Å². The monoisotopic (exact) mass is 226 g/mol. The van der Waals surface area contributed by atoms with Crippen molar-refractivity contribution < 1.29 is 0 Å². The standard InChI is InChI=1S/C10H18N2SSi/c1-13-10-11-7-5-9(12-10)6-8-14(2,3)4/h5,7H,6,8H2,1-4H3. The summed E-state index contributed by atoms with van der Waals surface area (Å²) in [7, 11) is -0.935. The Kier molecular flexibility index (Phi) is 4.13. The van der Waals surface area contributed by atoms with Crippen LogP contribution in [0.3, 0.4) is 0 Å². The van der Waals surface area contributed by atoms with Crippen molar-refractivity contribution in [2.75, 3.05) is 6.26 Å². The molecule has 1 heterocycles. The molecule has 14 heavy (non-hydrogen) atoms. The maximum Gasteiger partial charge on any atom is 0.187 e. The van der Waals surface area contributed by atoms with Gasteiger partial charge < -0.3 is 0 Å². The van der Waals surface area contributed by atoms with Gasteiger partial charge in [0.15, 0.2) is 5.16 Å². The highest BCUT2D eigenvalue weighted by Gasteiger charge is 2.13. The summed E-state index contributed by atoms with van der Waals surface area (Å²) >= 11 is 1.61. The molecule has 1 aromatic rings. The first-order valence-corrected chi connectivity index (χ1v) is 9.80. The van der Waals surface area contributed by atoms with Crippen LogP contribution in [0.2, 0.25) is 25.7 Å². The fraction of sp³-hybridized carbons (Fsp3) is 0.600. The number of aromatic nitrogens is 2. The van der Waals surface area contributed by atoms with Crippen LogP contribution in [0.25, 0.3) is 0 Å². The second kappa shape index (κ2) is 4.93. The van der Waals surface area contributed by atoms with Crippen molar-refractivity contribution in [2.45, 2.75) is 37.3 Å². The number of hydrogen-bond donors (Lipinski definition) is 0. The quantitative estimate of drug-likeness (QED) is 0.448. The van der Waals surface area contributed by atoms with Crippen LogP contribution in [0.1, 0.15) is 5.69 Å². The molecule has 1 aromatic heterocycles. The van der Waals surface area contributed by atoms with Gasteiger partial charge in [0, 0.05) is 20.0 Å². The Morgan fingerprint density at radius 1 is 1.36 bits per heavy atom. The van der Waals surface area contributed by atoms with Crippen molar-refractivity contribution in [1.29, 1.82) is 0 Å². The van der Waals surface area contributed by atoms with Crippen molar-refractivity contribution in [3.8, 4) is 0 Å². The Morgan fingerprint density at radius 3 is 2.64 bits per heavy atom. The lowest BCUT2D eigenvalue weighted by atomic mass is 10.3. The summed E-state index contributed by atoms with van der Waals surface area (Å²) < 4.78 is 0. The minimum absolute atomic E-state index is 0.887. The smallest absolute Gasteiger partial charge is 0.187 e. The highest BCUT2D eigenvalue weighted by Crippen LogP contribution is 2.14. The maximum absolute atomic E-state index is 4.47. The molecular formula is C10H18N2SSi. The molecule has 0 N–H and O–H groups in total. The molecule has 0 radical (unpaired) electrons. The van der Waals surface area contributed by atoms with Crippen LogP contribution >= 0.6 is 11.8 Å². The molecule has 1 rings (SSSR count). The summed E-state index contributed by atoms with van der Waals surface area (Å²) in [6, 6.07) is 3.33. The minimum Gasteiger partial charge on any atom is -0.231 e. The van der Waals surface area contributed by atoms with Crippen molar-refractivity contribution >= 4 is 19.8 Å². The maximum atomic E-state index is 4.47. The summed E-state index contributed by atoms with van der Waals surface area (Å²) in [5.41, 5.74) is 1.19. The van der Waals surface area contributed by atoms with Gasteiger partial charge in [-0.25, -0.2) is 9.97 Å². The van der Waals surface area contributed by atoms with Crippen LogP contribution < -0.4 is 0 Å². The molecule has 0 saturated heterocycles. The molecule has 0 unspecified atom stereocenters. The number of rotatable bonds is 4. The molecule has 0 bridgehead atoms. The Balaban J connectivity index is 2.59.